The van der Waals surface area contributed by atoms with E-state index < -0.39 is 0 Å². The molecular formula is C22H29N3O3. The third kappa shape index (κ3) is 6.39. The summed E-state index contributed by atoms with van der Waals surface area (Å²) in [5.74, 6) is -0.00308. The second-order valence-corrected chi connectivity index (χ2v) is 6.66. The number of para-hydroxylation sites is 1. The predicted octanol–water partition coefficient (Wildman–Crippen LogP) is 3.52. The van der Waals surface area contributed by atoms with Crippen molar-refractivity contribution >= 4 is 23.3 Å². The van der Waals surface area contributed by atoms with Gasteiger partial charge in [-0.05, 0) is 36.2 Å². The van der Waals surface area contributed by atoms with E-state index in [0.29, 0.717) is 18.8 Å². The normalized spacial score (nSPS) is 10.4. The molecule has 6 heteroatoms. The molecule has 2 N–H and O–H groups in total. The van der Waals surface area contributed by atoms with E-state index >= 15 is 0 Å². The van der Waals surface area contributed by atoms with Crippen LogP contribution in [0.3, 0.4) is 0 Å². The molecule has 2 aromatic carbocycles. The van der Waals surface area contributed by atoms with Gasteiger partial charge in [0.2, 0.25) is 5.91 Å². The third-order valence-electron chi connectivity index (χ3n) is 4.52. The SMILES string of the molecule is CCCCN(CCO)C(=O)Nc1ccc(CC(=O)N(C)c2ccccc2)cc1. The highest BCUT2D eigenvalue weighted by Gasteiger charge is 2.14. The lowest BCUT2D eigenvalue weighted by molar-refractivity contribution is -0.117. The number of anilines is 2. The van der Waals surface area contributed by atoms with Crippen molar-refractivity contribution in [3.05, 3.63) is 60.2 Å². The maximum Gasteiger partial charge on any atom is 0.321 e. The number of nitrogens with one attached hydrogen (secondary N) is 1. The van der Waals surface area contributed by atoms with Crippen LogP contribution in [0.5, 0.6) is 0 Å². The Morgan fingerprint density at radius 2 is 1.68 bits per heavy atom. The maximum absolute atomic E-state index is 12.5. The minimum Gasteiger partial charge on any atom is -0.395 e. The zero-order chi connectivity index (χ0) is 20.4. The summed E-state index contributed by atoms with van der Waals surface area (Å²) in [6.45, 7) is 2.92. The summed E-state index contributed by atoms with van der Waals surface area (Å²) in [5.41, 5.74) is 2.40. The smallest absolute Gasteiger partial charge is 0.321 e. The molecule has 0 aromatic heterocycles. The summed E-state index contributed by atoms with van der Waals surface area (Å²) in [7, 11) is 1.76. The number of urea groups is 1. The Morgan fingerprint density at radius 1 is 1.00 bits per heavy atom. The fraction of sp³-hybridized carbons (Fsp3) is 0.364. The van der Waals surface area contributed by atoms with Crippen molar-refractivity contribution in [2.75, 3.05) is 37.0 Å². The van der Waals surface area contributed by atoms with E-state index in [0.717, 1.165) is 24.1 Å². The predicted molar refractivity (Wildman–Crippen MR) is 113 cm³/mol. The Labute approximate surface area is 166 Å². The summed E-state index contributed by atoms with van der Waals surface area (Å²) in [5, 5.41) is 12.0. The minimum absolute atomic E-state index is 0.00308. The van der Waals surface area contributed by atoms with Gasteiger partial charge in [-0.15, -0.1) is 0 Å². The number of unbranched alkanes of at least 4 members (excludes halogenated alkanes) is 1. The van der Waals surface area contributed by atoms with E-state index in [1.807, 2.05) is 42.5 Å². The summed E-state index contributed by atoms with van der Waals surface area (Å²) in [4.78, 5) is 28.1. The van der Waals surface area contributed by atoms with Crippen LogP contribution < -0.4 is 10.2 Å². The first-order chi connectivity index (χ1) is 13.5. The number of aliphatic hydroxyl groups excluding tert-OH is 1. The van der Waals surface area contributed by atoms with Gasteiger partial charge >= 0.3 is 6.03 Å². The van der Waals surface area contributed by atoms with E-state index in [1.165, 1.54) is 0 Å². The van der Waals surface area contributed by atoms with Gasteiger partial charge in [0.25, 0.3) is 0 Å². The Balaban J connectivity index is 1.93. The van der Waals surface area contributed by atoms with Crippen LogP contribution in [0.2, 0.25) is 0 Å². The summed E-state index contributed by atoms with van der Waals surface area (Å²) < 4.78 is 0. The van der Waals surface area contributed by atoms with Crippen LogP contribution in [0.4, 0.5) is 16.2 Å². The lowest BCUT2D eigenvalue weighted by atomic mass is 10.1. The summed E-state index contributed by atoms with van der Waals surface area (Å²) in [6.07, 6.45) is 2.16. The van der Waals surface area contributed by atoms with E-state index in [1.54, 1.807) is 29.0 Å². The van der Waals surface area contributed by atoms with E-state index in [-0.39, 0.29) is 25.0 Å². The molecule has 0 saturated heterocycles. The van der Waals surface area contributed by atoms with E-state index in [4.69, 9.17) is 5.11 Å². The molecule has 0 saturated carbocycles. The molecule has 0 fully saturated rings. The topological polar surface area (TPSA) is 72.9 Å². The molecule has 0 aliphatic carbocycles. The summed E-state index contributed by atoms with van der Waals surface area (Å²) >= 11 is 0. The van der Waals surface area contributed by atoms with Crippen LogP contribution in [0.25, 0.3) is 0 Å². The Morgan fingerprint density at radius 3 is 2.29 bits per heavy atom. The molecule has 0 aliphatic rings. The van der Waals surface area contributed by atoms with Crippen molar-refractivity contribution in [3.8, 4) is 0 Å². The van der Waals surface area contributed by atoms with Gasteiger partial charge in [-0.1, -0.05) is 43.7 Å². The van der Waals surface area contributed by atoms with Gasteiger partial charge in [0.15, 0.2) is 0 Å². The Hall–Kier alpha value is -2.86. The molecule has 0 heterocycles. The van der Waals surface area contributed by atoms with Gasteiger partial charge in [-0.2, -0.15) is 0 Å². The first-order valence-electron chi connectivity index (χ1n) is 9.62. The fourth-order valence-corrected chi connectivity index (χ4v) is 2.78. The molecule has 3 amide bonds. The first kappa shape index (κ1) is 21.4. The lowest BCUT2D eigenvalue weighted by Crippen LogP contribution is -2.37. The van der Waals surface area contributed by atoms with Crippen LogP contribution in [-0.4, -0.2) is 48.7 Å². The number of aliphatic hydroxyl groups is 1. The van der Waals surface area contributed by atoms with Gasteiger partial charge in [-0.25, -0.2) is 4.79 Å². The van der Waals surface area contributed by atoms with Crippen LogP contribution in [0, 0.1) is 0 Å². The number of hydrogen-bond donors (Lipinski definition) is 2. The molecule has 6 nitrogen and oxygen atoms in total. The van der Waals surface area contributed by atoms with Gasteiger partial charge in [-0.3, -0.25) is 4.79 Å². The molecule has 0 atom stereocenters. The number of likely N-dealkylation sites (N-methyl/N-ethyl adjacent to an activating group) is 1. The largest absolute Gasteiger partial charge is 0.395 e. The molecule has 150 valence electrons. The second-order valence-electron chi connectivity index (χ2n) is 6.66. The fourth-order valence-electron chi connectivity index (χ4n) is 2.78. The highest BCUT2D eigenvalue weighted by molar-refractivity contribution is 5.94. The molecule has 0 aliphatic heterocycles. The molecule has 28 heavy (non-hydrogen) atoms. The number of benzene rings is 2. The molecule has 0 spiro atoms. The second kappa shape index (κ2) is 11.1. The van der Waals surface area contributed by atoms with Crippen molar-refractivity contribution in [2.24, 2.45) is 0 Å². The number of rotatable bonds is 9. The highest BCUT2D eigenvalue weighted by Crippen LogP contribution is 2.15. The molecule has 2 aromatic rings. The van der Waals surface area contributed by atoms with Crippen LogP contribution in [0.15, 0.2) is 54.6 Å². The molecule has 0 bridgehead atoms. The number of carbonyl (C=O) groups is 2. The van der Waals surface area contributed by atoms with Crippen LogP contribution >= 0.6 is 0 Å². The molecule has 0 radical (unpaired) electrons. The van der Waals surface area contributed by atoms with E-state index in [9.17, 15) is 9.59 Å². The van der Waals surface area contributed by atoms with Gasteiger partial charge in [0.1, 0.15) is 0 Å². The Bertz CT molecular complexity index is 747. The number of nitrogens with zero attached hydrogens (tertiary/aromatic N) is 2. The number of carbonyl (C=O) groups excluding carboxylic acids is 2. The van der Waals surface area contributed by atoms with Crippen molar-refractivity contribution in [2.45, 2.75) is 26.2 Å². The maximum atomic E-state index is 12.5. The zero-order valence-corrected chi connectivity index (χ0v) is 16.6. The first-order valence-corrected chi connectivity index (χ1v) is 9.62. The van der Waals surface area contributed by atoms with Crippen molar-refractivity contribution < 1.29 is 14.7 Å². The third-order valence-corrected chi connectivity index (χ3v) is 4.52. The lowest BCUT2D eigenvalue weighted by Gasteiger charge is -2.22. The van der Waals surface area contributed by atoms with Crippen LogP contribution in [0.1, 0.15) is 25.3 Å². The summed E-state index contributed by atoms with van der Waals surface area (Å²) in [6, 6.07) is 16.5. The van der Waals surface area contributed by atoms with Crippen molar-refractivity contribution in [3.63, 3.8) is 0 Å². The average Bonchev–Trinajstić information content (AvgIpc) is 2.72. The molecular weight excluding hydrogens is 354 g/mol. The average molecular weight is 383 g/mol. The quantitative estimate of drug-likeness (QED) is 0.696. The number of hydrogen-bond acceptors (Lipinski definition) is 3. The molecule has 0 unspecified atom stereocenters. The standard InChI is InChI=1S/C22H29N3O3/c1-3-4-14-25(15-16-26)22(28)23-19-12-10-18(11-13-19)17-21(27)24(2)20-8-6-5-7-9-20/h5-13,26H,3-4,14-17H2,1-2H3,(H,23,28). The minimum atomic E-state index is -0.227. The highest BCUT2D eigenvalue weighted by atomic mass is 16.3. The molecule has 2 rings (SSSR count). The van der Waals surface area contributed by atoms with Crippen molar-refractivity contribution in [1.29, 1.82) is 0 Å². The van der Waals surface area contributed by atoms with Gasteiger partial charge in [0.05, 0.1) is 13.0 Å². The Kier molecular flexibility index (Phi) is 8.49. The van der Waals surface area contributed by atoms with Crippen molar-refractivity contribution in [1.82, 2.24) is 4.90 Å². The van der Waals surface area contributed by atoms with Gasteiger partial charge < -0.3 is 20.2 Å². The number of amides is 3. The van der Waals surface area contributed by atoms with Crippen LogP contribution in [-0.2, 0) is 11.2 Å². The zero-order valence-electron chi connectivity index (χ0n) is 16.6. The van der Waals surface area contributed by atoms with Gasteiger partial charge in [0, 0.05) is 31.5 Å². The monoisotopic (exact) mass is 383 g/mol. The van der Waals surface area contributed by atoms with E-state index in [2.05, 4.69) is 12.2 Å².